The third-order valence-electron chi connectivity index (χ3n) is 3.17. The number of para-hydroxylation sites is 1. The molecule has 5 nitrogen and oxygen atoms in total. The van der Waals surface area contributed by atoms with E-state index in [2.05, 4.69) is 20.6 Å². The van der Waals surface area contributed by atoms with Gasteiger partial charge in [0.25, 0.3) is 5.91 Å². The van der Waals surface area contributed by atoms with E-state index in [0.717, 1.165) is 12.1 Å². The quantitative estimate of drug-likeness (QED) is 0.723. The van der Waals surface area contributed by atoms with Crippen molar-refractivity contribution in [2.75, 3.05) is 10.6 Å². The summed E-state index contributed by atoms with van der Waals surface area (Å²) in [7, 11) is 0. The molecule has 2 aromatic carbocycles. The van der Waals surface area contributed by atoms with E-state index < -0.39 is 23.2 Å². The minimum absolute atomic E-state index is 0.0224. The molecule has 0 saturated heterocycles. The molecular formula is C17H11ClF2N4O. The summed E-state index contributed by atoms with van der Waals surface area (Å²) in [6.07, 6.45) is 1.31. The van der Waals surface area contributed by atoms with Crippen LogP contribution in [0.4, 0.5) is 26.1 Å². The zero-order valence-electron chi connectivity index (χ0n) is 12.6. The second-order valence-corrected chi connectivity index (χ2v) is 5.39. The Morgan fingerprint density at radius 1 is 1.04 bits per heavy atom. The lowest BCUT2D eigenvalue weighted by molar-refractivity contribution is 0.102. The van der Waals surface area contributed by atoms with Gasteiger partial charge in [-0.25, -0.2) is 18.7 Å². The standard InChI is InChI=1S/C17H11ClF2N4O/c18-10-3-1-4-11(9-10)22-16(25)14-7-8-21-17(23-14)24-15-12(19)5-2-6-13(15)20/h1-9H,(H,22,25)(H,21,23,24). The maximum atomic E-state index is 13.7. The van der Waals surface area contributed by atoms with Crippen molar-refractivity contribution in [3.63, 3.8) is 0 Å². The van der Waals surface area contributed by atoms with Crippen molar-refractivity contribution in [2.24, 2.45) is 0 Å². The van der Waals surface area contributed by atoms with E-state index in [0.29, 0.717) is 10.7 Å². The molecule has 0 radical (unpaired) electrons. The molecule has 1 aromatic heterocycles. The predicted octanol–water partition coefficient (Wildman–Crippen LogP) is 4.40. The number of anilines is 3. The number of halogens is 3. The SMILES string of the molecule is O=C(Nc1cccc(Cl)c1)c1ccnc(Nc2c(F)cccc2F)n1. The van der Waals surface area contributed by atoms with Gasteiger partial charge in [-0.2, -0.15) is 0 Å². The summed E-state index contributed by atoms with van der Waals surface area (Å²) < 4.78 is 27.3. The van der Waals surface area contributed by atoms with Crippen LogP contribution in [0.5, 0.6) is 0 Å². The van der Waals surface area contributed by atoms with E-state index in [4.69, 9.17) is 11.6 Å². The summed E-state index contributed by atoms with van der Waals surface area (Å²) in [6, 6.07) is 11.4. The summed E-state index contributed by atoms with van der Waals surface area (Å²) in [5.74, 6) is -2.21. The molecule has 0 unspecified atom stereocenters. The molecule has 3 aromatic rings. The van der Waals surface area contributed by atoms with Crippen LogP contribution >= 0.6 is 11.6 Å². The zero-order chi connectivity index (χ0) is 17.8. The summed E-state index contributed by atoms with van der Waals surface area (Å²) in [4.78, 5) is 20.1. The van der Waals surface area contributed by atoms with E-state index in [-0.39, 0.29) is 11.6 Å². The number of hydrogen-bond acceptors (Lipinski definition) is 4. The molecule has 1 amide bonds. The number of benzene rings is 2. The predicted molar refractivity (Wildman–Crippen MR) is 91.1 cm³/mol. The number of hydrogen-bond donors (Lipinski definition) is 2. The first-order valence-electron chi connectivity index (χ1n) is 7.14. The molecule has 3 rings (SSSR count). The second-order valence-electron chi connectivity index (χ2n) is 4.95. The van der Waals surface area contributed by atoms with Gasteiger partial charge in [-0.15, -0.1) is 0 Å². The van der Waals surface area contributed by atoms with Crippen LogP contribution in [0.3, 0.4) is 0 Å². The molecule has 8 heteroatoms. The van der Waals surface area contributed by atoms with Crippen molar-refractivity contribution in [1.82, 2.24) is 9.97 Å². The third kappa shape index (κ3) is 4.07. The van der Waals surface area contributed by atoms with Gasteiger partial charge in [0.15, 0.2) is 0 Å². The van der Waals surface area contributed by atoms with Gasteiger partial charge in [0, 0.05) is 16.9 Å². The van der Waals surface area contributed by atoms with E-state index in [9.17, 15) is 13.6 Å². The zero-order valence-corrected chi connectivity index (χ0v) is 13.4. The Morgan fingerprint density at radius 3 is 2.48 bits per heavy atom. The third-order valence-corrected chi connectivity index (χ3v) is 3.41. The topological polar surface area (TPSA) is 66.9 Å². The van der Waals surface area contributed by atoms with Gasteiger partial charge in [0.2, 0.25) is 5.95 Å². The maximum Gasteiger partial charge on any atom is 0.274 e. The monoisotopic (exact) mass is 360 g/mol. The molecule has 0 spiro atoms. The highest BCUT2D eigenvalue weighted by Crippen LogP contribution is 2.21. The first-order chi connectivity index (χ1) is 12.0. The summed E-state index contributed by atoms with van der Waals surface area (Å²) >= 11 is 5.86. The fourth-order valence-corrected chi connectivity index (χ4v) is 2.23. The lowest BCUT2D eigenvalue weighted by atomic mass is 10.3. The molecule has 0 aliphatic carbocycles. The van der Waals surface area contributed by atoms with Crippen molar-refractivity contribution in [3.8, 4) is 0 Å². The summed E-state index contributed by atoms with van der Waals surface area (Å²) in [5, 5.41) is 5.53. The van der Waals surface area contributed by atoms with Crippen molar-refractivity contribution in [1.29, 1.82) is 0 Å². The largest absolute Gasteiger partial charge is 0.321 e. The highest BCUT2D eigenvalue weighted by molar-refractivity contribution is 6.30. The molecule has 25 heavy (non-hydrogen) atoms. The Morgan fingerprint density at radius 2 is 1.76 bits per heavy atom. The Hall–Kier alpha value is -3.06. The molecule has 0 bridgehead atoms. The molecule has 0 atom stereocenters. The summed E-state index contributed by atoms with van der Waals surface area (Å²) in [6.45, 7) is 0. The van der Waals surface area contributed by atoms with Crippen LogP contribution in [0.15, 0.2) is 54.7 Å². The van der Waals surface area contributed by atoms with Crippen LogP contribution in [0.2, 0.25) is 5.02 Å². The molecule has 0 saturated carbocycles. The Kier molecular flexibility index (Phi) is 4.85. The minimum Gasteiger partial charge on any atom is -0.321 e. The number of nitrogens with zero attached hydrogens (tertiary/aromatic N) is 2. The van der Waals surface area contributed by atoms with Gasteiger partial charge in [0.05, 0.1) is 0 Å². The van der Waals surface area contributed by atoms with Crippen LogP contribution in [-0.2, 0) is 0 Å². The first kappa shape index (κ1) is 16.8. The number of nitrogens with one attached hydrogen (secondary N) is 2. The van der Waals surface area contributed by atoms with Gasteiger partial charge < -0.3 is 10.6 Å². The number of carbonyl (C=O) groups excluding carboxylic acids is 1. The van der Waals surface area contributed by atoms with Crippen LogP contribution in [0.25, 0.3) is 0 Å². The second kappa shape index (κ2) is 7.23. The Balaban J connectivity index is 1.80. The highest BCUT2D eigenvalue weighted by Gasteiger charge is 2.13. The van der Waals surface area contributed by atoms with Gasteiger partial charge >= 0.3 is 0 Å². The number of amides is 1. The maximum absolute atomic E-state index is 13.7. The molecule has 2 N–H and O–H groups in total. The lowest BCUT2D eigenvalue weighted by Gasteiger charge is -2.09. The smallest absolute Gasteiger partial charge is 0.274 e. The van der Waals surface area contributed by atoms with Crippen molar-refractivity contribution in [3.05, 3.63) is 77.1 Å². The van der Waals surface area contributed by atoms with Crippen molar-refractivity contribution < 1.29 is 13.6 Å². The average molecular weight is 361 g/mol. The van der Waals surface area contributed by atoms with Crippen LogP contribution in [0.1, 0.15) is 10.5 Å². The van der Waals surface area contributed by atoms with E-state index >= 15 is 0 Å². The average Bonchev–Trinajstić information content (AvgIpc) is 2.58. The number of rotatable bonds is 4. The van der Waals surface area contributed by atoms with Crippen LogP contribution in [-0.4, -0.2) is 15.9 Å². The van der Waals surface area contributed by atoms with Crippen LogP contribution < -0.4 is 10.6 Å². The van der Waals surface area contributed by atoms with Gasteiger partial charge in [-0.1, -0.05) is 23.7 Å². The Bertz CT molecular complexity index is 916. The Labute approximate surface area is 146 Å². The fraction of sp³-hybridized carbons (Fsp3) is 0. The van der Waals surface area contributed by atoms with Crippen molar-refractivity contribution >= 4 is 34.8 Å². The van der Waals surface area contributed by atoms with E-state index in [1.807, 2.05) is 0 Å². The van der Waals surface area contributed by atoms with Gasteiger partial charge in [-0.3, -0.25) is 4.79 Å². The highest BCUT2D eigenvalue weighted by atomic mass is 35.5. The van der Waals surface area contributed by atoms with Gasteiger partial charge in [0.1, 0.15) is 23.0 Å². The number of aromatic nitrogens is 2. The fourth-order valence-electron chi connectivity index (χ4n) is 2.04. The van der Waals surface area contributed by atoms with Crippen LogP contribution in [0, 0.1) is 11.6 Å². The van der Waals surface area contributed by atoms with Gasteiger partial charge in [-0.05, 0) is 36.4 Å². The van der Waals surface area contributed by atoms with E-state index in [1.54, 1.807) is 24.3 Å². The molecule has 0 aliphatic heterocycles. The molecule has 1 heterocycles. The van der Waals surface area contributed by atoms with Crippen molar-refractivity contribution in [2.45, 2.75) is 0 Å². The first-order valence-corrected chi connectivity index (χ1v) is 7.52. The minimum atomic E-state index is -0.794. The lowest BCUT2D eigenvalue weighted by Crippen LogP contribution is -2.15. The number of carbonyl (C=O) groups is 1. The molecule has 126 valence electrons. The molecule has 0 fully saturated rings. The normalized spacial score (nSPS) is 10.4. The summed E-state index contributed by atoms with van der Waals surface area (Å²) in [5.41, 5.74) is 0.120. The van der Waals surface area contributed by atoms with E-state index in [1.165, 1.54) is 18.3 Å². The molecular weight excluding hydrogens is 350 g/mol. The molecule has 0 aliphatic rings.